The van der Waals surface area contributed by atoms with Crippen molar-refractivity contribution >= 4 is 22.5 Å². The van der Waals surface area contributed by atoms with E-state index in [1.807, 2.05) is 12.3 Å². The number of nitrogens with zero attached hydrogens (tertiary/aromatic N) is 2. The standard InChI is InChI=1S/C14H15ClN2/c15-13-6-8-17(10-13)9-12-4-1-3-11-5-2-7-16-14(11)12/h1-5,7,13H,6,8-10H2. The molecule has 0 aliphatic carbocycles. The van der Waals surface area contributed by atoms with E-state index in [2.05, 4.69) is 34.1 Å². The van der Waals surface area contributed by atoms with Gasteiger partial charge in [0.15, 0.2) is 0 Å². The van der Waals surface area contributed by atoms with Crippen molar-refractivity contribution in [3.05, 3.63) is 42.1 Å². The molecule has 88 valence electrons. The average molecular weight is 247 g/mol. The monoisotopic (exact) mass is 246 g/mol. The Morgan fingerprint density at radius 3 is 3.00 bits per heavy atom. The van der Waals surface area contributed by atoms with E-state index < -0.39 is 0 Å². The molecule has 1 aliphatic heterocycles. The van der Waals surface area contributed by atoms with Crippen LogP contribution >= 0.6 is 11.6 Å². The van der Waals surface area contributed by atoms with Gasteiger partial charge in [0.2, 0.25) is 0 Å². The maximum atomic E-state index is 6.13. The summed E-state index contributed by atoms with van der Waals surface area (Å²) in [5.41, 5.74) is 2.42. The number of pyridine rings is 1. The van der Waals surface area contributed by atoms with E-state index in [4.69, 9.17) is 11.6 Å². The number of para-hydroxylation sites is 1. The number of rotatable bonds is 2. The number of benzene rings is 1. The minimum Gasteiger partial charge on any atom is -0.297 e. The first-order chi connectivity index (χ1) is 8.33. The zero-order valence-corrected chi connectivity index (χ0v) is 10.4. The van der Waals surface area contributed by atoms with Crippen molar-refractivity contribution in [3.63, 3.8) is 0 Å². The Morgan fingerprint density at radius 1 is 1.29 bits per heavy atom. The van der Waals surface area contributed by atoms with E-state index in [0.717, 1.165) is 31.6 Å². The summed E-state index contributed by atoms with van der Waals surface area (Å²) in [4.78, 5) is 6.89. The van der Waals surface area contributed by atoms with E-state index in [9.17, 15) is 0 Å². The van der Waals surface area contributed by atoms with Gasteiger partial charge in [-0.2, -0.15) is 0 Å². The highest BCUT2D eigenvalue weighted by Crippen LogP contribution is 2.21. The molecule has 1 unspecified atom stereocenters. The van der Waals surface area contributed by atoms with Gasteiger partial charge in [-0.25, -0.2) is 0 Å². The van der Waals surface area contributed by atoms with E-state index in [1.54, 1.807) is 0 Å². The molecular formula is C14H15ClN2. The summed E-state index contributed by atoms with van der Waals surface area (Å²) in [6.45, 7) is 3.04. The lowest BCUT2D eigenvalue weighted by Gasteiger charge is -2.15. The third-order valence-corrected chi connectivity index (χ3v) is 3.68. The molecular weight excluding hydrogens is 232 g/mol. The molecule has 1 aromatic heterocycles. The van der Waals surface area contributed by atoms with Crippen molar-refractivity contribution in [2.24, 2.45) is 0 Å². The second kappa shape index (κ2) is 4.63. The quantitative estimate of drug-likeness (QED) is 0.758. The van der Waals surface area contributed by atoms with Crippen molar-refractivity contribution < 1.29 is 0 Å². The van der Waals surface area contributed by atoms with Crippen LogP contribution in [0.4, 0.5) is 0 Å². The van der Waals surface area contributed by atoms with Crippen LogP contribution in [0.3, 0.4) is 0 Å². The normalized spacial score (nSPS) is 21.1. The molecule has 1 atom stereocenters. The summed E-state index contributed by atoms with van der Waals surface area (Å²) in [7, 11) is 0. The van der Waals surface area contributed by atoms with Crippen LogP contribution in [0.2, 0.25) is 0 Å². The molecule has 1 aliphatic rings. The lowest BCUT2D eigenvalue weighted by Crippen LogP contribution is -2.20. The SMILES string of the molecule is ClC1CCN(Cc2cccc3cccnc23)C1. The van der Waals surface area contributed by atoms with E-state index in [0.29, 0.717) is 5.38 Å². The van der Waals surface area contributed by atoms with Crippen LogP contribution in [0.15, 0.2) is 36.5 Å². The smallest absolute Gasteiger partial charge is 0.0746 e. The van der Waals surface area contributed by atoms with Gasteiger partial charge < -0.3 is 0 Å². The predicted molar refractivity (Wildman–Crippen MR) is 71.3 cm³/mol. The Bertz CT molecular complexity index is 521. The number of likely N-dealkylation sites (tertiary alicyclic amines) is 1. The fourth-order valence-corrected chi connectivity index (χ4v) is 2.76. The highest BCUT2D eigenvalue weighted by molar-refractivity contribution is 6.20. The molecule has 1 fully saturated rings. The Kier molecular flexibility index (Phi) is 3.00. The van der Waals surface area contributed by atoms with Crippen LogP contribution < -0.4 is 0 Å². The predicted octanol–water partition coefficient (Wildman–Crippen LogP) is 3.05. The van der Waals surface area contributed by atoms with Gasteiger partial charge in [0.1, 0.15) is 0 Å². The van der Waals surface area contributed by atoms with E-state index in [1.165, 1.54) is 10.9 Å². The lowest BCUT2D eigenvalue weighted by molar-refractivity contribution is 0.333. The highest BCUT2D eigenvalue weighted by atomic mass is 35.5. The summed E-state index contributed by atoms with van der Waals surface area (Å²) in [6.07, 6.45) is 2.96. The second-order valence-corrected chi connectivity index (χ2v) is 5.23. The molecule has 0 radical (unpaired) electrons. The van der Waals surface area contributed by atoms with Gasteiger partial charge in [-0.15, -0.1) is 11.6 Å². The number of aromatic nitrogens is 1. The van der Waals surface area contributed by atoms with Gasteiger partial charge in [-0.3, -0.25) is 9.88 Å². The molecule has 0 saturated carbocycles. The first-order valence-electron chi connectivity index (χ1n) is 6.02. The van der Waals surface area contributed by atoms with Crippen LogP contribution in [0, 0.1) is 0 Å². The number of halogens is 1. The molecule has 0 amide bonds. The molecule has 0 bridgehead atoms. The first kappa shape index (κ1) is 11.0. The van der Waals surface area contributed by atoms with Crippen molar-refractivity contribution in [3.8, 4) is 0 Å². The fourth-order valence-electron chi connectivity index (χ4n) is 2.46. The van der Waals surface area contributed by atoms with Gasteiger partial charge in [0.25, 0.3) is 0 Å². The van der Waals surface area contributed by atoms with E-state index in [-0.39, 0.29) is 0 Å². The van der Waals surface area contributed by atoms with Crippen molar-refractivity contribution in [1.29, 1.82) is 0 Å². The molecule has 2 heterocycles. The zero-order chi connectivity index (χ0) is 11.7. The average Bonchev–Trinajstić information content (AvgIpc) is 2.75. The Morgan fingerprint density at radius 2 is 2.18 bits per heavy atom. The second-order valence-electron chi connectivity index (χ2n) is 4.61. The summed E-state index contributed by atoms with van der Waals surface area (Å²) >= 11 is 6.13. The van der Waals surface area contributed by atoms with Gasteiger partial charge in [-0.05, 0) is 24.6 Å². The van der Waals surface area contributed by atoms with Crippen LogP contribution in [0.1, 0.15) is 12.0 Å². The third kappa shape index (κ3) is 2.28. The first-order valence-corrected chi connectivity index (χ1v) is 6.45. The molecule has 0 N–H and O–H groups in total. The summed E-state index contributed by atoms with van der Waals surface area (Å²) < 4.78 is 0. The van der Waals surface area contributed by atoms with Crippen molar-refractivity contribution in [2.75, 3.05) is 13.1 Å². The Labute approximate surface area is 106 Å². The maximum absolute atomic E-state index is 6.13. The van der Waals surface area contributed by atoms with Crippen LogP contribution in [0.5, 0.6) is 0 Å². The molecule has 1 aromatic carbocycles. The molecule has 3 rings (SSSR count). The molecule has 1 saturated heterocycles. The Hall–Kier alpha value is -1.12. The summed E-state index contributed by atoms with van der Waals surface area (Å²) in [5.74, 6) is 0. The van der Waals surface area contributed by atoms with Gasteiger partial charge >= 0.3 is 0 Å². The minimum atomic E-state index is 0.318. The zero-order valence-electron chi connectivity index (χ0n) is 9.64. The number of hydrogen-bond acceptors (Lipinski definition) is 2. The lowest BCUT2D eigenvalue weighted by atomic mass is 10.1. The van der Waals surface area contributed by atoms with Gasteiger partial charge in [0.05, 0.1) is 5.52 Å². The van der Waals surface area contributed by atoms with Crippen molar-refractivity contribution in [1.82, 2.24) is 9.88 Å². The number of alkyl halides is 1. The van der Waals surface area contributed by atoms with Crippen LogP contribution in [0.25, 0.3) is 10.9 Å². The summed E-state index contributed by atoms with van der Waals surface area (Å²) in [6, 6.07) is 10.5. The van der Waals surface area contributed by atoms with Crippen LogP contribution in [-0.2, 0) is 6.54 Å². The number of fused-ring (bicyclic) bond motifs is 1. The molecule has 2 nitrogen and oxygen atoms in total. The van der Waals surface area contributed by atoms with Crippen molar-refractivity contribution in [2.45, 2.75) is 18.3 Å². The molecule has 17 heavy (non-hydrogen) atoms. The van der Waals surface area contributed by atoms with Crippen LogP contribution in [-0.4, -0.2) is 28.4 Å². The highest BCUT2D eigenvalue weighted by Gasteiger charge is 2.20. The topological polar surface area (TPSA) is 16.1 Å². The summed E-state index contributed by atoms with van der Waals surface area (Å²) in [5, 5.41) is 1.53. The fraction of sp³-hybridized carbons (Fsp3) is 0.357. The largest absolute Gasteiger partial charge is 0.297 e. The Balaban J connectivity index is 1.90. The molecule has 0 spiro atoms. The van der Waals surface area contributed by atoms with Gasteiger partial charge in [-0.1, -0.05) is 24.3 Å². The van der Waals surface area contributed by atoms with E-state index >= 15 is 0 Å². The maximum Gasteiger partial charge on any atom is 0.0746 e. The third-order valence-electron chi connectivity index (χ3n) is 3.33. The number of hydrogen-bond donors (Lipinski definition) is 0. The van der Waals surface area contributed by atoms with Gasteiger partial charge in [0, 0.05) is 30.0 Å². The molecule has 3 heteroatoms. The molecule has 2 aromatic rings. The minimum absolute atomic E-state index is 0.318.